The van der Waals surface area contributed by atoms with Gasteiger partial charge in [0.15, 0.2) is 0 Å². The zero-order valence-electron chi connectivity index (χ0n) is 8.50. The number of anilines is 1. The predicted molar refractivity (Wildman–Crippen MR) is 62.8 cm³/mol. The Balaban J connectivity index is 2.39. The van der Waals surface area contributed by atoms with Gasteiger partial charge in [-0.2, -0.15) is 0 Å². The van der Waals surface area contributed by atoms with Crippen LogP contribution in [-0.4, -0.2) is 13.3 Å². The molecule has 2 rings (SSSR count). The van der Waals surface area contributed by atoms with Crippen molar-refractivity contribution in [2.45, 2.75) is 5.75 Å². The van der Waals surface area contributed by atoms with Gasteiger partial charge in [0.2, 0.25) is 0 Å². The maximum atomic E-state index is 10.7. The van der Waals surface area contributed by atoms with Crippen molar-refractivity contribution in [1.82, 2.24) is 4.57 Å². The van der Waals surface area contributed by atoms with Crippen molar-refractivity contribution >= 4 is 16.8 Å². The van der Waals surface area contributed by atoms with Crippen LogP contribution in [0.5, 0.6) is 0 Å². The molecule has 84 valence electrons. The minimum absolute atomic E-state index is 0.0546. The first-order chi connectivity index (χ1) is 7.66. The van der Waals surface area contributed by atoms with Crippen molar-refractivity contribution in [2.24, 2.45) is 0 Å². The molecule has 1 aromatic carbocycles. The number of nitrogens with zero attached hydrogens (tertiary/aromatic N) is 1. The van der Waals surface area contributed by atoms with E-state index in [-0.39, 0.29) is 5.75 Å². The van der Waals surface area contributed by atoms with Crippen LogP contribution in [0.2, 0.25) is 0 Å². The van der Waals surface area contributed by atoms with E-state index >= 15 is 0 Å². The number of hydrogen-bond donors (Lipinski definition) is 1. The molecule has 2 aromatic rings. The average molecular weight is 235 g/mol. The largest absolute Gasteiger partial charge is 0.772 e. The van der Waals surface area contributed by atoms with E-state index in [1.165, 1.54) is 0 Å². The zero-order chi connectivity index (χ0) is 11.5. The number of rotatable bonds is 3. The molecule has 16 heavy (non-hydrogen) atoms. The third-order valence-electron chi connectivity index (χ3n) is 2.30. The fraction of sp³-hybridized carbons (Fsp3) is 0.0909. The van der Waals surface area contributed by atoms with Crippen LogP contribution in [-0.2, 0) is 16.8 Å². The van der Waals surface area contributed by atoms with E-state index in [1.54, 1.807) is 12.1 Å². The fourth-order valence-electron chi connectivity index (χ4n) is 1.51. The molecule has 1 atom stereocenters. The minimum atomic E-state index is -2.12. The van der Waals surface area contributed by atoms with Gasteiger partial charge in [-0.1, -0.05) is 11.1 Å². The van der Waals surface area contributed by atoms with E-state index < -0.39 is 11.1 Å². The molecule has 1 unspecified atom stereocenters. The molecular formula is C11H11N2O2S-. The van der Waals surface area contributed by atoms with Crippen molar-refractivity contribution in [2.75, 3.05) is 5.73 Å². The Labute approximate surface area is 96.0 Å². The van der Waals surface area contributed by atoms with Crippen molar-refractivity contribution in [1.29, 1.82) is 0 Å². The molecule has 2 N–H and O–H groups in total. The van der Waals surface area contributed by atoms with E-state index in [0.717, 1.165) is 5.69 Å². The van der Waals surface area contributed by atoms with Gasteiger partial charge in [0.05, 0.1) is 0 Å². The van der Waals surface area contributed by atoms with E-state index in [1.807, 2.05) is 35.2 Å². The third-order valence-corrected chi connectivity index (χ3v) is 2.85. The lowest BCUT2D eigenvalue weighted by Gasteiger charge is -2.11. The molecule has 0 aliphatic carbocycles. The number of nitrogen functional groups attached to an aromatic ring is 1. The summed E-state index contributed by atoms with van der Waals surface area (Å²) in [5.74, 6) is -0.0546. The van der Waals surface area contributed by atoms with Gasteiger partial charge in [-0.3, -0.25) is 4.21 Å². The molecule has 4 nitrogen and oxygen atoms in total. The number of nitrogens with two attached hydrogens (primary N) is 1. The van der Waals surface area contributed by atoms with Crippen molar-refractivity contribution in [3.63, 3.8) is 0 Å². The zero-order valence-corrected chi connectivity index (χ0v) is 9.31. The van der Waals surface area contributed by atoms with Crippen LogP contribution < -0.4 is 5.73 Å². The number of aromatic nitrogens is 1. The lowest BCUT2D eigenvalue weighted by molar-refractivity contribution is 0.536. The normalized spacial score (nSPS) is 12.6. The highest BCUT2D eigenvalue weighted by atomic mass is 32.2. The second-order valence-corrected chi connectivity index (χ2v) is 4.32. The second kappa shape index (κ2) is 4.51. The Hall–Kier alpha value is -1.59. The predicted octanol–water partition coefficient (Wildman–Crippen LogP) is 1.44. The molecule has 0 fully saturated rings. The van der Waals surface area contributed by atoms with Gasteiger partial charge in [-0.05, 0) is 35.9 Å². The van der Waals surface area contributed by atoms with Crippen LogP contribution in [0.3, 0.4) is 0 Å². The highest BCUT2D eigenvalue weighted by Crippen LogP contribution is 2.18. The molecule has 0 aliphatic heterocycles. The summed E-state index contributed by atoms with van der Waals surface area (Å²) in [4.78, 5) is 0. The highest BCUT2D eigenvalue weighted by molar-refractivity contribution is 7.78. The summed E-state index contributed by atoms with van der Waals surface area (Å²) in [6.45, 7) is 0. The monoisotopic (exact) mass is 235 g/mol. The highest BCUT2D eigenvalue weighted by Gasteiger charge is 2.02. The third kappa shape index (κ3) is 2.32. The first kappa shape index (κ1) is 10.9. The molecule has 1 heterocycles. The minimum Gasteiger partial charge on any atom is -0.772 e. The Morgan fingerprint density at radius 3 is 2.62 bits per heavy atom. The van der Waals surface area contributed by atoms with Gasteiger partial charge in [0.25, 0.3) is 0 Å². The van der Waals surface area contributed by atoms with Crippen LogP contribution in [0.15, 0.2) is 42.7 Å². The van der Waals surface area contributed by atoms with Crippen LogP contribution in [0.25, 0.3) is 5.69 Å². The molecule has 0 saturated carbocycles. The molecule has 1 aromatic heterocycles. The van der Waals surface area contributed by atoms with Crippen LogP contribution in [0.1, 0.15) is 5.56 Å². The maximum absolute atomic E-state index is 10.7. The maximum Gasteiger partial charge on any atom is 0.0453 e. The summed E-state index contributed by atoms with van der Waals surface area (Å²) >= 11 is -2.12. The summed E-state index contributed by atoms with van der Waals surface area (Å²) in [6, 6.07) is 9.17. The smallest absolute Gasteiger partial charge is 0.0453 e. The van der Waals surface area contributed by atoms with E-state index in [0.29, 0.717) is 11.3 Å². The molecule has 5 heteroatoms. The van der Waals surface area contributed by atoms with Gasteiger partial charge >= 0.3 is 0 Å². The summed E-state index contributed by atoms with van der Waals surface area (Å²) in [6.07, 6.45) is 3.78. The summed E-state index contributed by atoms with van der Waals surface area (Å²) in [7, 11) is 0. The fourth-order valence-corrected chi connectivity index (χ4v) is 2.02. The van der Waals surface area contributed by atoms with Crippen LogP contribution in [0, 0.1) is 0 Å². The summed E-state index contributed by atoms with van der Waals surface area (Å²) < 4.78 is 23.2. The average Bonchev–Trinajstić information content (AvgIpc) is 2.73. The van der Waals surface area contributed by atoms with Gasteiger partial charge in [0.1, 0.15) is 0 Å². The molecule has 0 radical (unpaired) electrons. The molecule has 0 bridgehead atoms. The van der Waals surface area contributed by atoms with Gasteiger partial charge in [-0.15, -0.1) is 0 Å². The molecular weight excluding hydrogens is 224 g/mol. The van der Waals surface area contributed by atoms with E-state index in [9.17, 15) is 8.76 Å². The molecule has 0 spiro atoms. The summed E-state index contributed by atoms with van der Waals surface area (Å²) in [5, 5.41) is 0. The standard InChI is InChI=1S/C11H12N2O2S/c12-11-4-3-10(13-5-1-2-6-13)7-9(11)8-16(14)15/h1-7H,8,12H2,(H,14,15)/p-1. The van der Waals surface area contributed by atoms with Crippen LogP contribution in [0.4, 0.5) is 5.69 Å². The lowest BCUT2D eigenvalue weighted by atomic mass is 10.2. The SMILES string of the molecule is Nc1ccc(-n2cccc2)cc1CS(=O)[O-]. The summed E-state index contributed by atoms with van der Waals surface area (Å²) in [5.41, 5.74) is 7.74. The Morgan fingerprint density at radius 1 is 1.31 bits per heavy atom. The Bertz CT molecular complexity index is 509. The van der Waals surface area contributed by atoms with Crippen molar-refractivity contribution < 1.29 is 8.76 Å². The van der Waals surface area contributed by atoms with Gasteiger partial charge in [-0.25, -0.2) is 0 Å². The van der Waals surface area contributed by atoms with E-state index in [4.69, 9.17) is 5.73 Å². The van der Waals surface area contributed by atoms with E-state index in [2.05, 4.69) is 0 Å². The topological polar surface area (TPSA) is 71.1 Å². The van der Waals surface area contributed by atoms with Crippen molar-refractivity contribution in [3.05, 3.63) is 48.3 Å². The Kier molecular flexibility index (Phi) is 3.07. The van der Waals surface area contributed by atoms with Crippen LogP contribution >= 0.6 is 0 Å². The molecule has 0 saturated heterocycles. The Morgan fingerprint density at radius 2 is 2.00 bits per heavy atom. The number of hydrogen-bond acceptors (Lipinski definition) is 3. The quantitative estimate of drug-likeness (QED) is 0.646. The molecule has 0 aliphatic rings. The second-order valence-electron chi connectivity index (χ2n) is 3.42. The van der Waals surface area contributed by atoms with Gasteiger partial charge < -0.3 is 14.9 Å². The molecule has 0 amide bonds. The number of benzene rings is 1. The first-order valence-electron chi connectivity index (χ1n) is 4.74. The first-order valence-corrected chi connectivity index (χ1v) is 5.99. The van der Waals surface area contributed by atoms with Gasteiger partial charge in [0, 0.05) is 29.5 Å². The lowest BCUT2D eigenvalue weighted by Crippen LogP contribution is -2.01. The van der Waals surface area contributed by atoms with Crippen molar-refractivity contribution in [3.8, 4) is 5.69 Å².